The Hall–Kier alpha value is -6.96. The van der Waals surface area contributed by atoms with Crippen molar-refractivity contribution < 1.29 is 0 Å². The van der Waals surface area contributed by atoms with Gasteiger partial charge in [-0.15, -0.1) is 0 Å². The standard InChI is InChI=1S/C55H42N4/c56-35-37-11-13-40(14-12-37)44-25-29-49(30-26-44)55-33-38-31-50(55)34-54(32-38,36-55)48-27-23-43(24-28-48)42-17-21-47(22-18-42)53-58-51(45-9-5-2-6-10-45)57-52(59-53)46-19-15-41(16-20-46)39-7-3-1-4-8-39/h1-30,38,50H,31-34,36H2. The topological polar surface area (TPSA) is 62.5 Å². The molecule has 0 aliphatic heterocycles. The van der Waals surface area contributed by atoms with Crippen molar-refractivity contribution in [2.24, 2.45) is 11.8 Å². The molecule has 4 aliphatic rings. The van der Waals surface area contributed by atoms with Gasteiger partial charge in [-0.25, -0.2) is 15.0 Å². The molecule has 4 aliphatic carbocycles. The Kier molecular flexibility index (Phi) is 8.45. The van der Waals surface area contributed by atoms with Crippen LogP contribution in [0, 0.1) is 23.2 Å². The Morgan fingerprint density at radius 2 is 0.797 bits per heavy atom. The number of aromatic nitrogens is 3. The first kappa shape index (κ1) is 35.2. The van der Waals surface area contributed by atoms with Crippen molar-refractivity contribution in [1.82, 2.24) is 15.0 Å². The maximum absolute atomic E-state index is 9.22. The summed E-state index contributed by atoms with van der Waals surface area (Å²) in [6.45, 7) is 0. The predicted molar refractivity (Wildman–Crippen MR) is 237 cm³/mol. The van der Waals surface area contributed by atoms with Crippen LogP contribution in [0.4, 0.5) is 0 Å². The van der Waals surface area contributed by atoms with E-state index >= 15 is 0 Å². The van der Waals surface area contributed by atoms with Crippen LogP contribution in [0.2, 0.25) is 0 Å². The molecule has 4 nitrogen and oxygen atoms in total. The molecule has 282 valence electrons. The highest BCUT2D eigenvalue weighted by Gasteiger charge is 2.64. The number of nitriles is 1. The number of rotatable bonds is 8. The van der Waals surface area contributed by atoms with E-state index in [2.05, 4.69) is 140 Å². The van der Waals surface area contributed by atoms with Gasteiger partial charge in [0.15, 0.2) is 17.5 Å². The van der Waals surface area contributed by atoms with E-state index in [0.717, 1.165) is 39.7 Å². The largest absolute Gasteiger partial charge is 0.208 e. The molecule has 0 radical (unpaired) electrons. The third-order valence-electron chi connectivity index (χ3n) is 13.7. The number of nitrogens with zero attached hydrogens (tertiary/aromatic N) is 4. The lowest BCUT2D eigenvalue weighted by Crippen LogP contribution is -2.35. The van der Waals surface area contributed by atoms with E-state index < -0.39 is 0 Å². The minimum absolute atomic E-state index is 0.245. The third-order valence-corrected chi connectivity index (χ3v) is 13.7. The maximum atomic E-state index is 9.22. The van der Waals surface area contributed by atoms with Crippen LogP contribution in [0.3, 0.4) is 0 Å². The lowest BCUT2D eigenvalue weighted by Gasteiger charge is -2.42. The molecule has 0 spiro atoms. The van der Waals surface area contributed by atoms with E-state index in [1.54, 1.807) is 0 Å². The first-order valence-electron chi connectivity index (χ1n) is 20.8. The van der Waals surface area contributed by atoms with Crippen LogP contribution in [0.5, 0.6) is 0 Å². The molecule has 4 heteroatoms. The Morgan fingerprint density at radius 3 is 1.29 bits per heavy atom. The molecule has 12 rings (SSSR count). The van der Waals surface area contributed by atoms with Gasteiger partial charge in [-0.1, -0.05) is 170 Å². The minimum Gasteiger partial charge on any atom is -0.208 e. The SMILES string of the molecule is N#Cc1ccc(-c2ccc(C34CC5CC3CC(c3ccc(-c6ccc(-c7nc(-c8ccccc8)nc(-c8ccc(-c9ccccc9)cc8)n7)cc6)cc3)(C5)C4)cc2)cc1. The van der Waals surface area contributed by atoms with Crippen LogP contribution in [0.25, 0.3) is 67.5 Å². The minimum atomic E-state index is 0.245. The molecule has 8 aromatic rings. The molecule has 4 unspecified atom stereocenters. The normalized spacial score (nSPS) is 21.3. The summed E-state index contributed by atoms with van der Waals surface area (Å²) in [5.74, 6) is 3.50. The first-order chi connectivity index (χ1) is 29.0. The summed E-state index contributed by atoms with van der Waals surface area (Å²) in [6.07, 6.45) is 6.50. The highest BCUT2D eigenvalue weighted by molar-refractivity contribution is 5.73. The fourth-order valence-corrected chi connectivity index (χ4v) is 11.0. The molecule has 0 saturated heterocycles. The van der Waals surface area contributed by atoms with Crippen molar-refractivity contribution in [3.05, 3.63) is 199 Å². The zero-order valence-electron chi connectivity index (χ0n) is 32.8. The van der Waals surface area contributed by atoms with E-state index in [9.17, 15) is 5.26 Å². The molecule has 4 saturated carbocycles. The molecule has 0 N–H and O–H groups in total. The van der Waals surface area contributed by atoms with Crippen molar-refractivity contribution >= 4 is 0 Å². The lowest BCUT2D eigenvalue weighted by molar-refractivity contribution is 0.220. The van der Waals surface area contributed by atoms with E-state index in [4.69, 9.17) is 15.0 Å². The van der Waals surface area contributed by atoms with Crippen molar-refractivity contribution in [3.63, 3.8) is 0 Å². The summed E-state index contributed by atoms with van der Waals surface area (Å²) in [5, 5.41) is 9.22. The second-order valence-corrected chi connectivity index (χ2v) is 17.1. The molecule has 4 bridgehead atoms. The Morgan fingerprint density at radius 1 is 0.407 bits per heavy atom. The van der Waals surface area contributed by atoms with Gasteiger partial charge in [0.2, 0.25) is 0 Å². The van der Waals surface area contributed by atoms with Gasteiger partial charge in [0.1, 0.15) is 0 Å². The zero-order chi connectivity index (χ0) is 39.4. The van der Waals surface area contributed by atoms with E-state index in [1.165, 1.54) is 65.5 Å². The number of hydrogen-bond donors (Lipinski definition) is 0. The van der Waals surface area contributed by atoms with Gasteiger partial charge in [0.25, 0.3) is 0 Å². The van der Waals surface area contributed by atoms with Crippen LogP contribution in [-0.2, 0) is 10.8 Å². The summed E-state index contributed by atoms with van der Waals surface area (Å²) in [4.78, 5) is 14.9. The molecule has 1 heterocycles. The molecule has 7 aromatic carbocycles. The van der Waals surface area contributed by atoms with Crippen molar-refractivity contribution in [2.45, 2.75) is 42.9 Å². The van der Waals surface area contributed by atoms with Gasteiger partial charge in [-0.2, -0.15) is 5.26 Å². The molecular weight excluding hydrogens is 717 g/mol. The van der Waals surface area contributed by atoms with Gasteiger partial charge in [0, 0.05) is 16.7 Å². The number of hydrogen-bond acceptors (Lipinski definition) is 4. The second-order valence-electron chi connectivity index (χ2n) is 17.1. The fourth-order valence-electron chi connectivity index (χ4n) is 11.0. The first-order valence-corrected chi connectivity index (χ1v) is 20.8. The van der Waals surface area contributed by atoms with E-state index in [0.29, 0.717) is 23.0 Å². The van der Waals surface area contributed by atoms with Crippen LogP contribution in [-0.4, -0.2) is 15.0 Å². The summed E-state index contributed by atoms with van der Waals surface area (Å²) in [5.41, 5.74) is 14.2. The lowest BCUT2D eigenvalue weighted by atomic mass is 9.62. The summed E-state index contributed by atoms with van der Waals surface area (Å²) in [7, 11) is 0. The summed E-state index contributed by atoms with van der Waals surface area (Å²) >= 11 is 0. The van der Waals surface area contributed by atoms with E-state index in [1.807, 2.05) is 48.5 Å². The summed E-state index contributed by atoms with van der Waals surface area (Å²) < 4.78 is 0. The molecular formula is C55H42N4. The van der Waals surface area contributed by atoms with Gasteiger partial charge < -0.3 is 0 Å². The van der Waals surface area contributed by atoms with Crippen LogP contribution in [0.15, 0.2) is 182 Å². The smallest absolute Gasteiger partial charge is 0.164 e. The third kappa shape index (κ3) is 6.26. The van der Waals surface area contributed by atoms with Gasteiger partial charge in [0.05, 0.1) is 11.6 Å². The highest BCUT2D eigenvalue weighted by Crippen LogP contribution is 2.71. The fraction of sp³-hybridized carbons (Fsp3) is 0.164. The van der Waals surface area contributed by atoms with Gasteiger partial charge in [-0.05, 0) is 111 Å². The monoisotopic (exact) mass is 758 g/mol. The Balaban J connectivity index is 0.846. The average molecular weight is 759 g/mol. The number of benzene rings is 7. The quantitative estimate of drug-likeness (QED) is 0.155. The average Bonchev–Trinajstić information content (AvgIpc) is 3.71. The zero-order valence-corrected chi connectivity index (χ0v) is 32.8. The van der Waals surface area contributed by atoms with Gasteiger partial charge >= 0.3 is 0 Å². The van der Waals surface area contributed by atoms with Crippen molar-refractivity contribution in [2.75, 3.05) is 0 Å². The highest BCUT2D eigenvalue weighted by atomic mass is 15.0. The van der Waals surface area contributed by atoms with E-state index in [-0.39, 0.29) is 10.8 Å². The van der Waals surface area contributed by atoms with Crippen LogP contribution >= 0.6 is 0 Å². The Labute approximate surface area is 346 Å². The molecule has 1 aromatic heterocycles. The Bertz CT molecular complexity index is 2830. The van der Waals surface area contributed by atoms with Crippen LogP contribution in [0.1, 0.15) is 48.8 Å². The maximum Gasteiger partial charge on any atom is 0.164 e. The van der Waals surface area contributed by atoms with Crippen molar-refractivity contribution in [3.8, 4) is 73.6 Å². The summed E-state index contributed by atoms with van der Waals surface area (Å²) in [6, 6.07) is 66.8. The molecule has 59 heavy (non-hydrogen) atoms. The molecule has 0 amide bonds. The predicted octanol–water partition coefficient (Wildman–Crippen LogP) is 13.1. The molecule has 4 atom stereocenters. The van der Waals surface area contributed by atoms with Crippen LogP contribution < -0.4 is 0 Å². The van der Waals surface area contributed by atoms with Gasteiger partial charge in [-0.3, -0.25) is 0 Å². The molecule has 4 fully saturated rings. The van der Waals surface area contributed by atoms with Crippen molar-refractivity contribution in [1.29, 1.82) is 5.26 Å². The second kappa shape index (κ2) is 14.1.